The normalized spacial score (nSPS) is 12.7. The van der Waals surface area contributed by atoms with Crippen LogP contribution in [0, 0.1) is 0 Å². The number of ether oxygens (including phenoxy) is 1. The Hall–Kier alpha value is -1.42. The third-order valence-corrected chi connectivity index (χ3v) is 3.20. The Labute approximate surface area is 91.7 Å². The molecule has 0 radical (unpaired) electrons. The molecule has 1 heterocycles. The maximum absolute atomic E-state index is 10.8. The molecule has 0 bridgehead atoms. The van der Waals surface area contributed by atoms with Crippen molar-refractivity contribution in [3.05, 3.63) is 29.3 Å². The molecule has 0 amide bonds. The van der Waals surface area contributed by atoms with Crippen LogP contribution >= 0.6 is 11.3 Å². The molecule has 2 aromatic rings. The number of aromatic nitrogens is 1. The molecule has 0 N–H and O–H groups in total. The molecule has 0 aliphatic heterocycles. The minimum Gasteiger partial charge on any atom is -0.455 e. The van der Waals surface area contributed by atoms with E-state index in [1.807, 2.05) is 31.2 Å². The SMILES string of the molecule is CC(=O)O[C@H](C)c1nc2ccccc2s1. The first kappa shape index (κ1) is 10.1. The van der Waals surface area contributed by atoms with Gasteiger partial charge in [-0.05, 0) is 19.1 Å². The van der Waals surface area contributed by atoms with E-state index in [0.29, 0.717) is 0 Å². The molecule has 0 spiro atoms. The zero-order valence-corrected chi connectivity index (χ0v) is 9.38. The summed E-state index contributed by atoms with van der Waals surface area (Å²) in [6, 6.07) is 7.88. The Balaban J connectivity index is 2.32. The molecule has 0 unspecified atom stereocenters. The van der Waals surface area contributed by atoms with Crippen molar-refractivity contribution >= 4 is 27.5 Å². The van der Waals surface area contributed by atoms with Crippen LogP contribution in [0.4, 0.5) is 0 Å². The molecule has 0 saturated heterocycles. The van der Waals surface area contributed by atoms with Crippen LogP contribution in [0.1, 0.15) is 25.0 Å². The third-order valence-electron chi connectivity index (χ3n) is 2.00. The molecule has 0 aliphatic carbocycles. The van der Waals surface area contributed by atoms with Crippen LogP contribution in [0.3, 0.4) is 0 Å². The number of rotatable bonds is 2. The largest absolute Gasteiger partial charge is 0.455 e. The fourth-order valence-corrected chi connectivity index (χ4v) is 2.31. The maximum atomic E-state index is 10.8. The van der Waals surface area contributed by atoms with Crippen LogP contribution in [0.25, 0.3) is 10.2 Å². The summed E-state index contributed by atoms with van der Waals surface area (Å²) in [5.74, 6) is -0.276. The van der Waals surface area contributed by atoms with E-state index in [2.05, 4.69) is 4.98 Å². The lowest BCUT2D eigenvalue weighted by Gasteiger charge is -2.07. The van der Waals surface area contributed by atoms with Gasteiger partial charge < -0.3 is 4.74 Å². The highest BCUT2D eigenvalue weighted by Gasteiger charge is 2.13. The topological polar surface area (TPSA) is 39.2 Å². The number of fused-ring (bicyclic) bond motifs is 1. The van der Waals surface area contributed by atoms with Crippen LogP contribution in [-0.2, 0) is 9.53 Å². The summed E-state index contributed by atoms with van der Waals surface area (Å²) < 4.78 is 6.19. The zero-order chi connectivity index (χ0) is 10.8. The second kappa shape index (κ2) is 3.98. The van der Waals surface area contributed by atoms with Crippen molar-refractivity contribution in [3.63, 3.8) is 0 Å². The summed E-state index contributed by atoms with van der Waals surface area (Å²) in [6.07, 6.45) is -0.264. The monoisotopic (exact) mass is 221 g/mol. The summed E-state index contributed by atoms with van der Waals surface area (Å²) in [5, 5.41) is 0.839. The Kier molecular flexibility index (Phi) is 2.68. The Bertz CT molecular complexity index is 459. The van der Waals surface area contributed by atoms with Crippen LogP contribution in [0.5, 0.6) is 0 Å². The molecule has 2 rings (SSSR count). The summed E-state index contributed by atoms with van der Waals surface area (Å²) in [4.78, 5) is 15.2. The van der Waals surface area contributed by atoms with Crippen molar-refractivity contribution in [3.8, 4) is 0 Å². The number of carbonyl (C=O) groups is 1. The Morgan fingerprint density at radius 2 is 2.20 bits per heavy atom. The average molecular weight is 221 g/mol. The number of esters is 1. The van der Waals surface area contributed by atoms with Crippen molar-refractivity contribution in [2.75, 3.05) is 0 Å². The molecule has 4 heteroatoms. The van der Waals surface area contributed by atoms with Crippen LogP contribution in [0.15, 0.2) is 24.3 Å². The quantitative estimate of drug-likeness (QED) is 0.732. The lowest BCUT2D eigenvalue weighted by molar-refractivity contribution is -0.145. The maximum Gasteiger partial charge on any atom is 0.303 e. The van der Waals surface area contributed by atoms with Gasteiger partial charge in [-0.25, -0.2) is 4.98 Å². The first-order chi connectivity index (χ1) is 7.16. The Morgan fingerprint density at radius 1 is 1.47 bits per heavy atom. The van der Waals surface area contributed by atoms with Gasteiger partial charge in [0.1, 0.15) is 5.01 Å². The van der Waals surface area contributed by atoms with Gasteiger partial charge in [0.25, 0.3) is 0 Å². The summed E-state index contributed by atoms with van der Waals surface area (Å²) in [5.41, 5.74) is 0.955. The molecule has 1 aromatic carbocycles. The molecule has 0 aliphatic rings. The van der Waals surface area contributed by atoms with Gasteiger partial charge >= 0.3 is 5.97 Å². The van der Waals surface area contributed by atoms with Gasteiger partial charge in [-0.1, -0.05) is 12.1 Å². The average Bonchev–Trinajstić information content (AvgIpc) is 2.59. The van der Waals surface area contributed by atoms with Crippen molar-refractivity contribution < 1.29 is 9.53 Å². The number of hydrogen-bond donors (Lipinski definition) is 0. The fourth-order valence-electron chi connectivity index (χ4n) is 1.36. The van der Waals surface area contributed by atoms with E-state index in [1.54, 1.807) is 11.3 Å². The number of carbonyl (C=O) groups excluding carboxylic acids is 1. The highest BCUT2D eigenvalue weighted by molar-refractivity contribution is 7.18. The van der Waals surface area contributed by atoms with E-state index >= 15 is 0 Å². The molecule has 78 valence electrons. The predicted octanol–water partition coefficient (Wildman–Crippen LogP) is 2.92. The first-order valence-electron chi connectivity index (χ1n) is 4.69. The molecule has 0 fully saturated rings. The van der Waals surface area contributed by atoms with Gasteiger partial charge in [0, 0.05) is 6.92 Å². The predicted molar refractivity (Wildman–Crippen MR) is 59.8 cm³/mol. The van der Waals surface area contributed by atoms with E-state index in [0.717, 1.165) is 15.2 Å². The number of benzene rings is 1. The van der Waals surface area contributed by atoms with Gasteiger partial charge in [0.2, 0.25) is 0 Å². The van der Waals surface area contributed by atoms with Crippen molar-refractivity contribution in [2.24, 2.45) is 0 Å². The number of hydrogen-bond acceptors (Lipinski definition) is 4. The van der Waals surface area contributed by atoms with E-state index in [9.17, 15) is 4.79 Å². The fraction of sp³-hybridized carbons (Fsp3) is 0.273. The molecular weight excluding hydrogens is 210 g/mol. The van der Waals surface area contributed by atoms with Crippen LogP contribution < -0.4 is 0 Å². The molecule has 1 atom stereocenters. The van der Waals surface area contributed by atoms with Crippen LogP contribution in [0.2, 0.25) is 0 Å². The zero-order valence-electron chi connectivity index (χ0n) is 8.56. The minimum absolute atomic E-state index is 0.264. The number of para-hydroxylation sites is 1. The lowest BCUT2D eigenvalue weighted by Crippen LogP contribution is -2.03. The van der Waals surface area contributed by atoms with Gasteiger partial charge in [-0.3, -0.25) is 4.79 Å². The second-order valence-electron chi connectivity index (χ2n) is 3.27. The van der Waals surface area contributed by atoms with Crippen molar-refractivity contribution in [1.29, 1.82) is 0 Å². The van der Waals surface area contributed by atoms with Crippen molar-refractivity contribution in [1.82, 2.24) is 4.98 Å². The first-order valence-corrected chi connectivity index (χ1v) is 5.51. The number of thiazole rings is 1. The van der Waals surface area contributed by atoms with Crippen LogP contribution in [-0.4, -0.2) is 11.0 Å². The molecule has 0 saturated carbocycles. The van der Waals surface area contributed by atoms with E-state index in [4.69, 9.17) is 4.74 Å². The number of nitrogens with zero attached hydrogens (tertiary/aromatic N) is 1. The minimum atomic E-state index is -0.276. The van der Waals surface area contributed by atoms with E-state index < -0.39 is 0 Å². The summed E-state index contributed by atoms with van der Waals surface area (Å²) in [6.45, 7) is 3.24. The second-order valence-corrected chi connectivity index (χ2v) is 4.33. The standard InChI is InChI=1S/C11H11NO2S/c1-7(14-8(2)13)11-12-9-5-3-4-6-10(9)15-11/h3-7H,1-2H3/t7-/m1/s1. The molecule has 15 heavy (non-hydrogen) atoms. The van der Waals surface area contributed by atoms with Gasteiger partial charge in [0.15, 0.2) is 6.10 Å². The Morgan fingerprint density at radius 3 is 2.87 bits per heavy atom. The van der Waals surface area contributed by atoms with Gasteiger partial charge in [-0.2, -0.15) is 0 Å². The highest BCUT2D eigenvalue weighted by Crippen LogP contribution is 2.27. The molecular formula is C11H11NO2S. The van der Waals surface area contributed by atoms with E-state index in [1.165, 1.54) is 6.92 Å². The molecule has 3 nitrogen and oxygen atoms in total. The van der Waals surface area contributed by atoms with Crippen molar-refractivity contribution in [2.45, 2.75) is 20.0 Å². The summed E-state index contributed by atoms with van der Waals surface area (Å²) in [7, 11) is 0. The van der Waals surface area contributed by atoms with Gasteiger partial charge in [0.05, 0.1) is 10.2 Å². The third kappa shape index (κ3) is 2.15. The molecule has 1 aromatic heterocycles. The highest BCUT2D eigenvalue weighted by atomic mass is 32.1. The summed E-state index contributed by atoms with van der Waals surface area (Å²) >= 11 is 1.56. The lowest BCUT2D eigenvalue weighted by atomic mass is 10.3. The van der Waals surface area contributed by atoms with E-state index in [-0.39, 0.29) is 12.1 Å². The smallest absolute Gasteiger partial charge is 0.303 e. The van der Waals surface area contributed by atoms with Gasteiger partial charge in [-0.15, -0.1) is 11.3 Å².